The minimum Gasteiger partial charge on any atom is -0.481 e. The van der Waals surface area contributed by atoms with Crippen molar-refractivity contribution in [2.45, 2.75) is 13.8 Å². The van der Waals surface area contributed by atoms with Crippen LogP contribution in [-0.2, 0) is 4.79 Å². The summed E-state index contributed by atoms with van der Waals surface area (Å²) < 4.78 is 0. The van der Waals surface area contributed by atoms with E-state index < -0.39 is 17.8 Å². The first-order valence-corrected chi connectivity index (χ1v) is 5.70. The van der Waals surface area contributed by atoms with E-state index in [1.165, 1.54) is 6.92 Å². The minimum atomic E-state index is -0.964. The summed E-state index contributed by atoms with van der Waals surface area (Å²) in [5, 5.41) is 9.67. The van der Waals surface area contributed by atoms with Crippen molar-refractivity contribution in [3.05, 3.63) is 30.2 Å². The molecule has 0 bridgehead atoms. The summed E-state index contributed by atoms with van der Waals surface area (Å²) >= 11 is 0. The predicted molar refractivity (Wildman–Crippen MR) is 66.4 cm³/mol. The van der Waals surface area contributed by atoms with Crippen molar-refractivity contribution in [1.29, 1.82) is 0 Å². The summed E-state index contributed by atoms with van der Waals surface area (Å²) in [6.07, 6.45) is 4.85. The number of hydrogen-bond donors (Lipinski definition) is 2. The molecule has 0 aliphatic carbocycles. The van der Waals surface area contributed by atoms with Crippen molar-refractivity contribution in [3.8, 4) is 0 Å². The fraction of sp³-hybridized carbons (Fsp3) is 0.308. The van der Waals surface area contributed by atoms with Crippen molar-refractivity contribution in [1.82, 2.24) is 9.97 Å². The fourth-order valence-corrected chi connectivity index (χ4v) is 1.85. The number of Topliss-reactive ketones (excluding diaryl/α,β-unsaturated/α-hetero) is 1. The lowest BCUT2D eigenvalue weighted by atomic mass is 9.88. The number of nitrogens with one attached hydrogen (secondary N) is 1. The van der Waals surface area contributed by atoms with E-state index in [1.54, 1.807) is 31.6 Å². The van der Waals surface area contributed by atoms with Gasteiger partial charge in [0.05, 0.1) is 5.92 Å². The van der Waals surface area contributed by atoms with E-state index in [9.17, 15) is 9.59 Å². The molecule has 0 spiro atoms. The number of fused-ring (bicyclic) bond motifs is 1. The monoisotopic (exact) mass is 246 g/mol. The largest absolute Gasteiger partial charge is 0.481 e. The van der Waals surface area contributed by atoms with Gasteiger partial charge in [-0.3, -0.25) is 14.6 Å². The maximum Gasteiger partial charge on any atom is 0.306 e. The highest BCUT2D eigenvalue weighted by Gasteiger charge is 2.28. The van der Waals surface area contributed by atoms with Gasteiger partial charge < -0.3 is 10.1 Å². The van der Waals surface area contributed by atoms with Gasteiger partial charge in [-0.25, -0.2) is 0 Å². The number of carbonyl (C=O) groups is 2. The Labute approximate surface area is 104 Å². The number of aliphatic carboxylic acids is 1. The summed E-state index contributed by atoms with van der Waals surface area (Å²) in [5.41, 5.74) is 1.32. The SMILES string of the molecule is CC(C(=O)O)C(C)C(=O)c1c[nH]c2ccncc12. The van der Waals surface area contributed by atoms with Gasteiger partial charge in [0.1, 0.15) is 0 Å². The Bertz CT molecular complexity index is 603. The van der Waals surface area contributed by atoms with Crippen LogP contribution in [0.2, 0.25) is 0 Å². The first-order chi connectivity index (χ1) is 8.52. The first kappa shape index (κ1) is 12.3. The molecule has 2 heterocycles. The average Bonchev–Trinajstić information content (AvgIpc) is 2.79. The topological polar surface area (TPSA) is 83.0 Å². The Kier molecular flexibility index (Phi) is 3.14. The van der Waals surface area contributed by atoms with Crippen LogP contribution in [0.3, 0.4) is 0 Å². The number of carboxylic acid groups (broad SMARTS) is 1. The van der Waals surface area contributed by atoms with Crippen LogP contribution < -0.4 is 0 Å². The van der Waals surface area contributed by atoms with Crippen LogP contribution in [0.15, 0.2) is 24.7 Å². The predicted octanol–water partition coefficient (Wildman–Crippen LogP) is 2.10. The number of H-pyrrole nitrogens is 1. The quantitative estimate of drug-likeness (QED) is 0.809. The molecule has 0 aliphatic heterocycles. The molecule has 2 aromatic rings. The minimum absolute atomic E-state index is 0.177. The Morgan fingerprint density at radius 3 is 2.72 bits per heavy atom. The zero-order chi connectivity index (χ0) is 13.3. The average molecular weight is 246 g/mol. The number of ketones is 1. The number of rotatable bonds is 4. The number of pyridine rings is 1. The maximum absolute atomic E-state index is 12.3. The molecule has 94 valence electrons. The molecule has 2 N–H and O–H groups in total. The number of aromatic amines is 1. The highest BCUT2D eigenvalue weighted by Crippen LogP contribution is 2.23. The third kappa shape index (κ3) is 1.99. The summed E-state index contributed by atoms with van der Waals surface area (Å²) in [6.45, 7) is 3.17. The molecule has 2 aromatic heterocycles. The fourth-order valence-electron chi connectivity index (χ4n) is 1.85. The molecule has 0 radical (unpaired) electrons. The normalized spacial score (nSPS) is 14.3. The van der Waals surface area contributed by atoms with Crippen LogP contribution in [0, 0.1) is 11.8 Å². The number of aromatic nitrogens is 2. The molecular weight excluding hydrogens is 232 g/mol. The van der Waals surface area contributed by atoms with E-state index in [4.69, 9.17) is 5.11 Å². The zero-order valence-electron chi connectivity index (χ0n) is 10.2. The van der Waals surface area contributed by atoms with E-state index in [-0.39, 0.29) is 5.78 Å². The van der Waals surface area contributed by atoms with Gasteiger partial charge in [0.25, 0.3) is 0 Å². The molecule has 18 heavy (non-hydrogen) atoms. The highest BCUT2D eigenvalue weighted by molar-refractivity contribution is 6.09. The lowest BCUT2D eigenvalue weighted by Gasteiger charge is -2.13. The molecule has 5 heteroatoms. The van der Waals surface area contributed by atoms with E-state index in [1.807, 2.05) is 0 Å². The van der Waals surface area contributed by atoms with Gasteiger partial charge in [-0.1, -0.05) is 13.8 Å². The molecule has 0 amide bonds. The second-order valence-corrected chi connectivity index (χ2v) is 4.40. The number of nitrogens with zero attached hydrogens (tertiary/aromatic N) is 1. The second kappa shape index (κ2) is 4.60. The van der Waals surface area contributed by atoms with Gasteiger partial charge >= 0.3 is 5.97 Å². The van der Waals surface area contributed by atoms with Crippen LogP contribution in [0.5, 0.6) is 0 Å². The van der Waals surface area contributed by atoms with Crippen molar-refractivity contribution in [2.24, 2.45) is 11.8 Å². The molecule has 5 nitrogen and oxygen atoms in total. The van der Waals surface area contributed by atoms with E-state index >= 15 is 0 Å². The third-order valence-corrected chi connectivity index (χ3v) is 3.30. The smallest absolute Gasteiger partial charge is 0.306 e. The van der Waals surface area contributed by atoms with E-state index in [0.717, 1.165) is 10.9 Å². The maximum atomic E-state index is 12.3. The van der Waals surface area contributed by atoms with Crippen molar-refractivity contribution in [2.75, 3.05) is 0 Å². The third-order valence-electron chi connectivity index (χ3n) is 3.30. The van der Waals surface area contributed by atoms with Gasteiger partial charge in [0, 0.05) is 41.0 Å². The molecule has 2 unspecified atom stereocenters. The number of hydrogen-bond acceptors (Lipinski definition) is 3. The lowest BCUT2D eigenvalue weighted by molar-refractivity contribution is -0.142. The lowest BCUT2D eigenvalue weighted by Crippen LogP contribution is -2.25. The summed E-state index contributed by atoms with van der Waals surface area (Å²) in [6, 6.07) is 1.78. The van der Waals surface area contributed by atoms with Crippen LogP contribution in [0.25, 0.3) is 10.9 Å². The molecule has 0 aromatic carbocycles. The Morgan fingerprint density at radius 2 is 2.06 bits per heavy atom. The summed E-state index contributed by atoms with van der Waals surface area (Å²) in [7, 11) is 0. The van der Waals surface area contributed by atoms with Crippen LogP contribution in [0.1, 0.15) is 24.2 Å². The van der Waals surface area contributed by atoms with Crippen LogP contribution in [0.4, 0.5) is 0 Å². The summed E-state index contributed by atoms with van der Waals surface area (Å²) in [4.78, 5) is 30.1. The molecule has 0 saturated heterocycles. The van der Waals surface area contributed by atoms with Crippen molar-refractivity contribution < 1.29 is 14.7 Å². The number of carboxylic acids is 1. The second-order valence-electron chi connectivity index (χ2n) is 4.40. The van der Waals surface area contributed by atoms with Crippen molar-refractivity contribution in [3.63, 3.8) is 0 Å². The molecule has 2 rings (SSSR count). The van der Waals surface area contributed by atoms with Crippen molar-refractivity contribution >= 4 is 22.7 Å². The van der Waals surface area contributed by atoms with Gasteiger partial charge in [-0.2, -0.15) is 0 Å². The van der Waals surface area contributed by atoms with Gasteiger partial charge in [-0.15, -0.1) is 0 Å². The van der Waals surface area contributed by atoms with E-state index in [0.29, 0.717) is 5.56 Å². The Morgan fingerprint density at radius 1 is 1.33 bits per heavy atom. The molecule has 0 fully saturated rings. The molecular formula is C13H14N2O3. The molecule has 0 aliphatic rings. The van der Waals surface area contributed by atoms with Gasteiger partial charge in [-0.05, 0) is 6.07 Å². The van der Waals surface area contributed by atoms with Gasteiger partial charge in [0.2, 0.25) is 0 Å². The molecule has 2 atom stereocenters. The zero-order valence-corrected chi connectivity index (χ0v) is 10.2. The standard InChI is InChI=1S/C13H14N2O3/c1-7(8(2)13(17)18)12(16)10-6-15-11-3-4-14-5-9(10)11/h3-8,15H,1-2H3,(H,17,18). The molecule has 0 saturated carbocycles. The highest BCUT2D eigenvalue weighted by atomic mass is 16.4. The summed E-state index contributed by atoms with van der Waals surface area (Å²) in [5.74, 6) is -2.42. The Balaban J connectivity index is 2.37. The number of carbonyl (C=O) groups excluding carboxylic acids is 1. The van der Waals surface area contributed by atoms with Gasteiger partial charge in [0.15, 0.2) is 5.78 Å². The van der Waals surface area contributed by atoms with E-state index in [2.05, 4.69) is 9.97 Å². The van der Waals surface area contributed by atoms with Crippen LogP contribution >= 0.6 is 0 Å². The first-order valence-electron chi connectivity index (χ1n) is 5.70. The Hall–Kier alpha value is -2.17. The van der Waals surface area contributed by atoms with Crippen LogP contribution in [-0.4, -0.2) is 26.8 Å².